The van der Waals surface area contributed by atoms with Gasteiger partial charge in [-0.25, -0.2) is 0 Å². The third-order valence-corrected chi connectivity index (χ3v) is 2.24. The summed E-state index contributed by atoms with van der Waals surface area (Å²) in [5, 5.41) is 9.51. The molecule has 1 aromatic carbocycles. The van der Waals surface area contributed by atoms with Crippen molar-refractivity contribution in [2.24, 2.45) is 4.99 Å². The van der Waals surface area contributed by atoms with E-state index >= 15 is 0 Å². The maximum Gasteiger partial charge on any atom is 0.120 e. The number of benzene rings is 1. The van der Waals surface area contributed by atoms with E-state index in [2.05, 4.69) is 9.98 Å². The summed E-state index contributed by atoms with van der Waals surface area (Å²) in [6, 6.07) is 9.12. The number of phenols is 1. The smallest absolute Gasteiger partial charge is 0.120 e. The largest absolute Gasteiger partial charge is 0.508 e. The van der Waals surface area contributed by atoms with Gasteiger partial charge in [-0.15, -0.1) is 0 Å². The van der Waals surface area contributed by atoms with E-state index in [1.165, 1.54) is 0 Å². The summed E-state index contributed by atoms with van der Waals surface area (Å²) in [6.45, 7) is 1.85. The van der Waals surface area contributed by atoms with Gasteiger partial charge < -0.3 is 5.11 Å². The molecule has 2 aromatic rings. The molecule has 0 aliphatic carbocycles. The van der Waals surface area contributed by atoms with Crippen molar-refractivity contribution in [2.75, 3.05) is 0 Å². The molecule has 0 saturated heterocycles. The molecule has 80 valence electrons. The van der Waals surface area contributed by atoms with Gasteiger partial charge in [0.25, 0.3) is 0 Å². The summed E-state index contributed by atoms with van der Waals surface area (Å²) in [7, 11) is 0. The van der Waals surface area contributed by atoms with Crippen LogP contribution in [0.3, 0.4) is 0 Å². The zero-order valence-corrected chi connectivity index (χ0v) is 8.96. The summed E-state index contributed by atoms with van der Waals surface area (Å²) in [4.78, 5) is 8.24. The van der Waals surface area contributed by atoms with E-state index in [4.69, 9.17) is 0 Å². The molecule has 1 heterocycles. The van der Waals surface area contributed by atoms with Crippen LogP contribution in [-0.2, 0) is 0 Å². The molecule has 2 rings (SSSR count). The van der Waals surface area contributed by atoms with Gasteiger partial charge in [-0.1, -0.05) is 12.1 Å². The zero-order valence-electron chi connectivity index (χ0n) is 8.96. The van der Waals surface area contributed by atoms with Gasteiger partial charge in [0.15, 0.2) is 0 Å². The van der Waals surface area contributed by atoms with Gasteiger partial charge in [0.05, 0.1) is 5.69 Å². The fourth-order valence-corrected chi connectivity index (χ4v) is 1.28. The van der Waals surface area contributed by atoms with Crippen LogP contribution in [0.25, 0.3) is 0 Å². The Balaban J connectivity index is 2.21. The highest BCUT2D eigenvalue weighted by atomic mass is 16.3. The first-order chi connectivity index (χ1) is 7.75. The number of pyridine rings is 1. The third-order valence-electron chi connectivity index (χ3n) is 2.24. The molecule has 0 atom stereocenters. The van der Waals surface area contributed by atoms with E-state index in [0.29, 0.717) is 0 Å². The van der Waals surface area contributed by atoms with Crippen LogP contribution in [0, 0.1) is 6.92 Å². The van der Waals surface area contributed by atoms with Gasteiger partial charge in [-0.3, -0.25) is 9.98 Å². The molecule has 0 spiro atoms. The highest BCUT2D eigenvalue weighted by molar-refractivity contribution is 5.81. The number of phenolic OH excluding ortho intramolecular Hbond substituents is 1. The summed E-state index contributed by atoms with van der Waals surface area (Å²) >= 11 is 0. The van der Waals surface area contributed by atoms with Crippen LogP contribution >= 0.6 is 0 Å². The third kappa shape index (κ3) is 2.45. The predicted octanol–water partition coefficient (Wildman–Crippen LogP) is 2.85. The Kier molecular flexibility index (Phi) is 2.96. The zero-order chi connectivity index (χ0) is 11.4. The standard InChI is InChI=1S/C13H12N2O/c1-10-4-5-12(7-13(10)16)15-9-11-3-2-6-14-8-11/h2-9,16H,1H3. The molecule has 0 aliphatic heterocycles. The minimum atomic E-state index is 0.265. The van der Waals surface area contributed by atoms with E-state index in [-0.39, 0.29) is 5.75 Å². The number of aromatic nitrogens is 1. The number of hydrogen-bond donors (Lipinski definition) is 1. The minimum absolute atomic E-state index is 0.265. The molecule has 0 saturated carbocycles. The molecular weight excluding hydrogens is 200 g/mol. The van der Waals surface area contributed by atoms with Crippen LogP contribution in [0.1, 0.15) is 11.1 Å². The lowest BCUT2D eigenvalue weighted by atomic mass is 10.2. The number of aryl methyl sites for hydroxylation is 1. The molecule has 0 bridgehead atoms. The first kappa shape index (κ1) is 10.4. The van der Waals surface area contributed by atoms with Crippen molar-refractivity contribution in [1.29, 1.82) is 0 Å². The fourth-order valence-electron chi connectivity index (χ4n) is 1.28. The SMILES string of the molecule is Cc1ccc(N=Cc2cccnc2)cc1O. The average Bonchev–Trinajstić information content (AvgIpc) is 2.32. The highest BCUT2D eigenvalue weighted by Gasteiger charge is 1.95. The molecule has 3 heteroatoms. The molecule has 0 amide bonds. The number of rotatable bonds is 2. The van der Waals surface area contributed by atoms with Gasteiger partial charge in [0.2, 0.25) is 0 Å². The van der Waals surface area contributed by atoms with Crippen LogP contribution in [0.15, 0.2) is 47.7 Å². The van der Waals surface area contributed by atoms with Crippen LogP contribution in [0.5, 0.6) is 5.75 Å². The van der Waals surface area contributed by atoms with Crippen LogP contribution in [-0.4, -0.2) is 16.3 Å². The van der Waals surface area contributed by atoms with Crippen molar-refractivity contribution >= 4 is 11.9 Å². The Morgan fingerprint density at radius 3 is 2.88 bits per heavy atom. The van der Waals surface area contributed by atoms with Gasteiger partial charge in [0.1, 0.15) is 5.75 Å². The van der Waals surface area contributed by atoms with Crippen molar-refractivity contribution in [3.63, 3.8) is 0 Å². The number of hydrogen-bond acceptors (Lipinski definition) is 3. The molecule has 0 radical (unpaired) electrons. The quantitative estimate of drug-likeness (QED) is 0.778. The predicted molar refractivity (Wildman–Crippen MR) is 64.3 cm³/mol. The van der Waals surface area contributed by atoms with Crippen LogP contribution in [0.4, 0.5) is 5.69 Å². The van der Waals surface area contributed by atoms with Crippen molar-refractivity contribution in [3.05, 3.63) is 53.9 Å². The molecule has 16 heavy (non-hydrogen) atoms. The lowest BCUT2D eigenvalue weighted by molar-refractivity contribution is 0.471. The number of aromatic hydroxyl groups is 1. The van der Waals surface area contributed by atoms with Crippen molar-refractivity contribution in [2.45, 2.75) is 6.92 Å². The molecular formula is C13H12N2O. The molecule has 3 nitrogen and oxygen atoms in total. The van der Waals surface area contributed by atoms with E-state index in [1.807, 2.05) is 31.2 Å². The monoisotopic (exact) mass is 212 g/mol. The van der Waals surface area contributed by atoms with E-state index in [1.54, 1.807) is 24.7 Å². The summed E-state index contributed by atoms with van der Waals surface area (Å²) in [5.41, 5.74) is 2.51. The Morgan fingerprint density at radius 1 is 1.31 bits per heavy atom. The van der Waals surface area contributed by atoms with Gasteiger partial charge >= 0.3 is 0 Å². The van der Waals surface area contributed by atoms with Gasteiger partial charge in [-0.05, 0) is 24.6 Å². The van der Waals surface area contributed by atoms with Crippen LogP contribution in [0.2, 0.25) is 0 Å². The second kappa shape index (κ2) is 4.57. The Labute approximate surface area is 94.1 Å². The lowest BCUT2D eigenvalue weighted by Gasteiger charge is -1.99. The molecule has 0 unspecified atom stereocenters. The van der Waals surface area contributed by atoms with Crippen molar-refractivity contribution in [1.82, 2.24) is 4.98 Å². The highest BCUT2D eigenvalue weighted by Crippen LogP contribution is 2.22. The Hall–Kier alpha value is -2.16. The second-order valence-corrected chi connectivity index (χ2v) is 3.52. The maximum absolute atomic E-state index is 9.51. The van der Waals surface area contributed by atoms with E-state index < -0.39 is 0 Å². The first-order valence-electron chi connectivity index (χ1n) is 4.99. The molecule has 1 aromatic heterocycles. The van der Waals surface area contributed by atoms with E-state index in [0.717, 1.165) is 16.8 Å². The average molecular weight is 212 g/mol. The summed E-state index contributed by atoms with van der Waals surface area (Å²) in [5.74, 6) is 0.265. The molecule has 1 N–H and O–H groups in total. The Morgan fingerprint density at radius 2 is 2.19 bits per heavy atom. The first-order valence-corrected chi connectivity index (χ1v) is 4.99. The summed E-state index contributed by atoms with van der Waals surface area (Å²) in [6.07, 6.45) is 5.17. The van der Waals surface area contributed by atoms with E-state index in [9.17, 15) is 5.11 Å². The van der Waals surface area contributed by atoms with Crippen LogP contribution < -0.4 is 0 Å². The van der Waals surface area contributed by atoms with Crippen molar-refractivity contribution < 1.29 is 5.11 Å². The summed E-state index contributed by atoms with van der Waals surface area (Å²) < 4.78 is 0. The fraction of sp³-hybridized carbons (Fsp3) is 0.0769. The lowest BCUT2D eigenvalue weighted by Crippen LogP contribution is -1.81. The van der Waals surface area contributed by atoms with Gasteiger partial charge in [0, 0.05) is 30.2 Å². The topological polar surface area (TPSA) is 45.5 Å². The second-order valence-electron chi connectivity index (χ2n) is 3.52. The minimum Gasteiger partial charge on any atom is -0.508 e. The van der Waals surface area contributed by atoms with Crippen molar-refractivity contribution in [3.8, 4) is 5.75 Å². The normalized spacial score (nSPS) is 10.8. The number of aliphatic imine (C=N–C) groups is 1. The molecule has 0 aliphatic rings. The number of nitrogens with zero attached hydrogens (tertiary/aromatic N) is 2. The van der Waals surface area contributed by atoms with Gasteiger partial charge in [-0.2, -0.15) is 0 Å². The molecule has 0 fully saturated rings. The maximum atomic E-state index is 9.51. The Bertz CT molecular complexity index is 507.